The van der Waals surface area contributed by atoms with E-state index in [1.165, 1.54) is 11.6 Å². The lowest BCUT2D eigenvalue weighted by molar-refractivity contribution is -0.137. The van der Waals surface area contributed by atoms with Crippen LogP contribution in [0.15, 0.2) is 65.3 Å². The highest BCUT2D eigenvalue weighted by molar-refractivity contribution is 9.10. The quantitative estimate of drug-likeness (QED) is 0.356. The molecule has 0 spiro atoms. The molecule has 0 unspecified atom stereocenters. The van der Waals surface area contributed by atoms with Crippen LogP contribution in [0.3, 0.4) is 0 Å². The van der Waals surface area contributed by atoms with Gasteiger partial charge in [-0.15, -0.1) is 0 Å². The monoisotopic (exact) mass is 468 g/mol. The van der Waals surface area contributed by atoms with Crippen LogP contribution in [0, 0.1) is 0 Å². The topological polar surface area (TPSA) is 51.5 Å². The second-order valence-electron chi connectivity index (χ2n) is 6.98. The van der Waals surface area contributed by atoms with Crippen LogP contribution in [0.25, 0.3) is 17.0 Å². The van der Waals surface area contributed by atoms with E-state index in [2.05, 4.69) is 28.1 Å². The van der Waals surface area contributed by atoms with Crippen molar-refractivity contribution in [3.8, 4) is 0 Å². The number of amides is 1. The van der Waals surface area contributed by atoms with Gasteiger partial charge in [0.2, 0.25) is 5.91 Å². The number of likely N-dealkylation sites (N-methyl/N-ethyl adjacent to an activating group) is 1. The summed E-state index contributed by atoms with van der Waals surface area (Å²) in [7, 11) is 1.83. The molecule has 1 heterocycles. The van der Waals surface area contributed by atoms with Gasteiger partial charge in [0.1, 0.15) is 6.54 Å². The van der Waals surface area contributed by atoms with Crippen LogP contribution in [0.2, 0.25) is 0 Å². The summed E-state index contributed by atoms with van der Waals surface area (Å²) in [6.45, 7) is 2.99. The first kappa shape index (κ1) is 21.8. The summed E-state index contributed by atoms with van der Waals surface area (Å²) >= 11 is 3.59. The molecule has 1 aromatic heterocycles. The Morgan fingerprint density at radius 2 is 1.90 bits per heavy atom. The SMILES string of the molecule is CCOC(=O)C=Cc1cn(CC(=O)N(C)CCc2ccccc2)c2cccc(Br)c12. The van der Waals surface area contributed by atoms with Crippen molar-refractivity contribution in [2.75, 3.05) is 20.2 Å². The van der Waals surface area contributed by atoms with Gasteiger partial charge in [-0.3, -0.25) is 4.79 Å². The van der Waals surface area contributed by atoms with E-state index in [0.29, 0.717) is 13.2 Å². The van der Waals surface area contributed by atoms with Crippen LogP contribution in [0.5, 0.6) is 0 Å². The summed E-state index contributed by atoms with van der Waals surface area (Å²) in [6, 6.07) is 16.0. The van der Waals surface area contributed by atoms with Crippen LogP contribution in [0.4, 0.5) is 0 Å². The lowest BCUT2D eigenvalue weighted by Gasteiger charge is -2.18. The molecule has 3 rings (SSSR count). The normalized spacial score (nSPS) is 11.2. The minimum atomic E-state index is -0.387. The largest absolute Gasteiger partial charge is 0.463 e. The van der Waals surface area contributed by atoms with Crippen LogP contribution in [-0.2, 0) is 27.3 Å². The fraction of sp³-hybridized carbons (Fsp3) is 0.250. The van der Waals surface area contributed by atoms with Crippen molar-refractivity contribution in [3.63, 3.8) is 0 Å². The maximum absolute atomic E-state index is 12.8. The molecule has 156 valence electrons. The Labute approximate surface area is 185 Å². The lowest BCUT2D eigenvalue weighted by Crippen LogP contribution is -2.31. The minimum Gasteiger partial charge on any atom is -0.463 e. The highest BCUT2D eigenvalue weighted by Gasteiger charge is 2.15. The molecule has 0 N–H and O–H groups in total. The number of carbonyl (C=O) groups is 2. The minimum absolute atomic E-state index is 0.0312. The number of ether oxygens (including phenoxy) is 1. The number of hydrogen-bond acceptors (Lipinski definition) is 3. The zero-order valence-electron chi connectivity index (χ0n) is 17.2. The summed E-state index contributed by atoms with van der Waals surface area (Å²) in [5.41, 5.74) is 2.99. The first-order chi connectivity index (χ1) is 14.5. The molecule has 0 radical (unpaired) electrons. The highest BCUT2D eigenvalue weighted by Crippen LogP contribution is 2.30. The molecule has 0 fully saturated rings. The number of carbonyl (C=O) groups excluding carboxylic acids is 2. The average molecular weight is 469 g/mol. The Morgan fingerprint density at radius 1 is 1.13 bits per heavy atom. The number of nitrogens with zero attached hydrogens (tertiary/aromatic N) is 2. The van der Waals surface area contributed by atoms with E-state index in [0.717, 1.165) is 27.4 Å². The van der Waals surface area contributed by atoms with Gasteiger partial charge in [0.25, 0.3) is 0 Å². The van der Waals surface area contributed by atoms with Gasteiger partial charge >= 0.3 is 5.97 Å². The maximum atomic E-state index is 12.8. The number of aromatic nitrogens is 1. The van der Waals surface area contributed by atoms with E-state index in [-0.39, 0.29) is 18.4 Å². The van der Waals surface area contributed by atoms with Gasteiger partial charge in [0.15, 0.2) is 0 Å². The summed E-state index contributed by atoms with van der Waals surface area (Å²) < 4.78 is 7.80. The van der Waals surface area contributed by atoms with Crippen molar-refractivity contribution in [2.45, 2.75) is 19.9 Å². The zero-order chi connectivity index (χ0) is 21.5. The van der Waals surface area contributed by atoms with E-state index < -0.39 is 0 Å². The lowest BCUT2D eigenvalue weighted by atomic mass is 10.1. The molecule has 6 heteroatoms. The fourth-order valence-electron chi connectivity index (χ4n) is 3.28. The van der Waals surface area contributed by atoms with Crippen LogP contribution in [-0.4, -0.2) is 41.5 Å². The summed E-state index contributed by atoms with van der Waals surface area (Å²) in [6.07, 6.45) is 5.85. The van der Waals surface area contributed by atoms with E-state index in [9.17, 15) is 9.59 Å². The number of hydrogen-bond donors (Lipinski definition) is 0. The molecule has 30 heavy (non-hydrogen) atoms. The van der Waals surface area contributed by atoms with Gasteiger partial charge in [0, 0.05) is 41.3 Å². The van der Waals surface area contributed by atoms with Gasteiger partial charge < -0.3 is 14.2 Å². The molecule has 0 aliphatic rings. The number of fused-ring (bicyclic) bond motifs is 1. The molecule has 0 saturated heterocycles. The second-order valence-corrected chi connectivity index (χ2v) is 7.84. The van der Waals surface area contributed by atoms with Crippen molar-refractivity contribution in [1.29, 1.82) is 0 Å². The second kappa shape index (κ2) is 10.3. The summed E-state index contributed by atoms with van der Waals surface area (Å²) in [5.74, 6) is -0.356. The number of esters is 1. The molecular weight excluding hydrogens is 444 g/mol. The smallest absolute Gasteiger partial charge is 0.330 e. The van der Waals surface area contributed by atoms with Crippen LogP contribution < -0.4 is 0 Å². The Morgan fingerprint density at radius 3 is 2.63 bits per heavy atom. The predicted octanol–water partition coefficient (Wildman–Crippen LogP) is 4.68. The molecule has 0 saturated carbocycles. The molecule has 1 amide bonds. The molecule has 0 aliphatic carbocycles. The van der Waals surface area contributed by atoms with Crippen LogP contribution in [0.1, 0.15) is 18.1 Å². The fourth-order valence-corrected chi connectivity index (χ4v) is 3.86. The van der Waals surface area contributed by atoms with E-state index in [4.69, 9.17) is 4.74 Å². The van der Waals surface area contributed by atoms with Gasteiger partial charge in [-0.25, -0.2) is 4.79 Å². The Kier molecular flexibility index (Phi) is 7.46. The van der Waals surface area contributed by atoms with Crippen molar-refractivity contribution < 1.29 is 14.3 Å². The van der Waals surface area contributed by atoms with Gasteiger partial charge in [-0.05, 0) is 37.1 Å². The Balaban J connectivity index is 1.77. The molecular formula is C24H25BrN2O3. The first-order valence-corrected chi connectivity index (χ1v) is 10.7. The van der Waals surface area contributed by atoms with E-state index >= 15 is 0 Å². The molecule has 0 bridgehead atoms. The first-order valence-electron chi connectivity index (χ1n) is 9.89. The standard InChI is InChI=1S/C24H25BrN2O3/c1-3-30-23(29)13-12-19-16-27(21-11-7-10-20(25)24(19)21)17-22(28)26(2)15-14-18-8-5-4-6-9-18/h4-13,16H,3,14-15,17H2,1-2H3. The Bertz CT molecular complexity index is 1060. The maximum Gasteiger partial charge on any atom is 0.330 e. The molecule has 2 aromatic carbocycles. The molecule has 0 aliphatic heterocycles. The number of benzene rings is 2. The van der Waals surface area contributed by atoms with Crippen molar-refractivity contribution in [2.24, 2.45) is 0 Å². The van der Waals surface area contributed by atoms with E-state index in [1.54, 1.807) is 17.9 Å². The Hall–Kier alpha value is -2.86. The summed E-state index contributed by atoms with van der Waals surface area (Å²) in [5, 5.41) is 0.956. The van der Waals surface area contributed by atoms with Gasteiger partial charge in [-0.1, -0.05) is 52.3 Å². The summed E-state index contributed by atoms with van der Waals surface area (Å²) in [4.78, 5) is 26.3. The predicted molar refractivity (Wildman–Crippen MR) is 123 cm³/mol. The average Bonchev–Trinajstić information content (AvgIpc) is 3.10. The third-order valence-electron chi connectivity index (χ3n) is 4.88. The zero-order valence-corrected chi connectivity index (χ0v) is 18.8. The van der Waals surface area contributed by atoms with Crippen molar-refractivity contribution in [3.05, 3.63) is 76.4 Å². The molecule has 3 aromatic rings. The van der Waals surface area contributed by atoms with Crippen molar-refractivity contribution >= 4 is 44.8 Å². The highest BCUT2D eigenvalue weighted by atomic mass is 79.9. The van der Waals surface area contributed by atoms with Crippen LogP contribution >= 0.6 is 15.9 Å². The van der Waals surface area contributed by atoms with Crippen molar-refractivity contribution in [1.82, 2.24) is 9.47 Å². The molecule has 0 atom stereocenters. The third-order valence-corrected chi connectivity index (χ3v) is 5.54. The third kappa shape index (κ3) is 5.39. The number of rotatable bonds is 8. The molecule has 5 nitrogen and oxygen atoms in total. The van der Waals surface area contributed by atoms with Gasteiger partial charge in [-0.2, -0.15) is 0 Å². The number of halogens is 1. The van der Waals surface area contributed by atoms with Gasteiger partial charge in [0.05, 0.1) is 12.1 Å². The van der Waals surface area contributed by atoms with E-state index in [1.807, 2.05) is 54.2 Å².